The molecule has 1 saturated heterocycles. The number of aromatic nitrogens is 5. The standard InChI is InChI=1S/C13H18BN5O2/c1-9-16-17-18-19(9)11-7-6-10(8-15-11)14-20-12(2,3)13(4,5)21-14/h6-8H,1-5H3. The van der Waals surface area contributed by atoms with Crippen LogP contribution in [0.4, 0.5) is 0 Å². The van der Waals surface area contributed by atoms with Gasteiger partial charge in [-0.05, 0) is 51.1 Å². The smallest absolute Gasteiger partial charge is 0.399 e. The quantitative estimate of drug-likeness (QED) is 0.755. The van der Waals surface area contributed by atoms with Crippen LogP contribution in [0.1, 0.15) is 33.5 Å². The van der Waals surface area contributed by atoms with Gasteiger partial charge in [-0.15, -0.1) is 5.10 Å². The van der Waals surface area contributed by atoms with E-state index >= 15 is 0 Å². The highest BCUT2D eigenvalue weighted by Crippen LogP contribution is 2.36. The number of hydrogen-bond donors (Lipinski definition) is 0. The molecule has 0 atom stereocenters. The molecule has 3 heterocycles. The number of nitrogens with zero attached hydrogens (tertiary/aromatic N) is 5. The summed E-state index contributed by atoms with van der Waals surface area (Å²) in [4.78, 5) is 4.38. The molecule has 1 aliphatic heterocycles. The Bertz CT molecular complexity index is 637. The minimum Gasteiger partial charge on any atom is -0.399 e. The molecule has 0 spiro atoms. The maximum atomic E-state index is 6.00. The van der Waals surface area contributed by atoms with Gasteiger partial charge in [-0.1, -0.05) is 6.07 Å². The summed E-state index contributed by atoms with van der Waals surface area (Å²) in [6.07, 6.45) is 1.73. The van der Waals surface area contributed by atoms with E-state index in [1.165, 1.54) is 0 Å². The van der Waals surface area contributed by atoms with Crippen LogP contribution in [0.3, 0.4) is 0 Å². The van der Waals surface area contributed by atoms with Gasteiger partial charge in [0, 0.05) is 11.7 Å². The Balaban J connectivity index is 1.85. The van der Waals surface area contributed by atoms with E-state index in [2.05, 4.69) is 20.5 Å². The van der Waals surface area contributed by atoms with Crippen LogP contribution in [-0.4, -0.2) is 43.5 Å². The van der Waals surface area contributed by atoms with Crippen molar-refractivity contribution in [3.8, 4) is 5.82 Å². The molecule has 8 heteroatoms. The van der Waals surface area contributed by atoms with Crippen LogP contribution in [0.25, 0.3) is 5.82 Å². The maximum Gasteiger partial charge on any atom is 0.496 e. The van der Waals surface area contributed by atoms with E-state index in [1.54, 1.807) is 10.9 Å². The molecule has 1 aliphatic rings. The summed E-state index contributed by atoms with van der Waals surface area (Å²) < 4.78 is 13.6. The number of pyridine rings is 1. The number of aryl methyl sites for hydroxylation is 1. The highest BCUT2D eigenvalue weighted by atomic mass is 16.7. The lowest BCUT2D eigenvalue weighted by Crippen LogP contribution is -2.41. The third-order valence-electron chi connectivity index (χ3n) is 4.14. The summed E-state index contributed by atoms with van der Waals surface area (Å²) in [6, 6.07) is 3.77. The van der Waals surface area contributed by atoms with Crippen molar-refractivity contribution in [1.82, 2.24) is 25.2 Å². The van der Waals surface area contributed by atoms with Gasteiger partial charge < -0.3 is 9.31 Å². The number of tetrazole rings is 1. The second-order valence-corrected chi connectivity index (χ2v) is 6.18. The SMILES string of the molecule is Cc1nnnn1-c1ccc(B2OC(C)(C)C(C)(C)O2)cn1. The number of rotatable bonds is 2. The topological polar surface area (TPSA) is 75.0 Å². The molecule has 7 nitrogen and oxygen atoms in total. The van der Waals surface area contributed by atoms with Crippen LogP contribution in [0.15, 0.2) is 18.3 Å². The third-order valence-corrected chi connectivity index (χ3v) is 4.14. The van der Waals surface area contributed by atoms with E-state index in [9.17, 15) is 0 Å². The fraction of sp³-hybridized carbons (Fsp3) is 0.538. The zero-order valence-electron chi connectivity index (χ0n) is 12.9. The first-order chi connectivity index (χ1) is 9.80. The van der Waals surface area contributed by atoms with Gasteiger partial charge in [-0.25, -0.2) is 4.98 Å². The molecule has 0 amide bonds. The first-order valence-corrected chi connectivity index (χ1v) is 6.87. The predicted octanol–water partition coefficient (Wildman–Crippen LogP) is 0.665. The molecule has 2 aromatic rings. The van der Waals surface area contributed by atoms with Crippen molar-refractivity contribution in [3.63, 3.8) is 0 Å². The van der Waals surface area contributed by atoms with Gasteiger partial charge in [0.25, 0.3) is 0 Å². The van der Waals surface area contributed by atoms with Gasteiger partial charge in [0.2, 0.25) is 0 Å². The molecule has 110 valence electrons. The molecular formula is C13H18BN5O2. The van der Waals surface area contributed by atoms with E-state index in [0.717, 1.165) is 5.46 Å². The zero-order chi connectivity index (χ0) is 15.3. The fourth-order valence-corrected chi connectivity index (χ4v) is 2.08. The van der Waals surface area contributed by atoms with E-state index in [-0.39, 0.29) is 11.2 Å². The van der Waals surface area contributed by atoms with Crippen LogP contribution in [0, 0.1) is 6.92 Å². The number of hydrogen-bond acceptors (Lipinski definition) is 6. The Kier molecular flexibility index (Phi) is 3.10. The van der Waals surface area contributed by atoms with Crippen molar-refractivity contribution in [2.75, 3.05) is 0 Å². The van der Waals surface area contributed by atoms with Gasteiger partial charge in [0.15, 0.2) is 11.6 Å². The summed E-state index contributed by atoms with van der Waals surface area (Å²) in [5.41, 5.74) is 0.161. The Morgan fingerprint density at radius 2 is 1.76 bits per heavy atom. The molecule has 0 bridgehead atoms. The Labute approximate surface area is 123 Å². The molecule has 0 aromatic carbocycles. The molecule has 0 saturated carbocycles. The van der Waals surface area contributed by atoms with Crippen molar-refractivity contribution in [2.24, 2.45) is 0 Å². The highest BCUT2D eigenvalue weighted by Gasteiger charge is 2.51. The third kappa shape index (κ3) is 2.34. The molecule has 2 aromatic heterocycles. The Morgan fingerprint density at radius 1 is 1.10 bits per heavy atom. The monoisotopic (exact) mass is 287 g/mol. The molecule has 0 N–H and O–H groups in total. The lowest BCUT2D eigenvalue weighted by molar-refractivity contribution is 0.00578. The molecule has 3 rings (SSSR count). The van der Waals surface area contributed by atoms with E-state index in [1.807, 2.05) is 46.8 Å². The van der Waals surface area contributed by atoms with Crippen molar-refractivity contribution < 1.29 is 9.31 Å². The normalized spacial score (nSPS) is 20.0. The molecule has 0 unspecified atom stereocenters. The van der Waals surface area contributed by atoms with Crippen molar-refractivity contribution >= 4 is 12.6 Å². The summed E-state index contributed by atoms with van der Waals surface area (Å²) in [5, 5.41) is 11.3. The van der Waals surface area contributed by atoms with Crippen LogP contribution in [0.2, 0.25) is 0 Å². The average Bonchev–Trinajstić information content (AvgIpc) is 2.92. The first-order valence-electron chi connectivity index (χ1n) is 6.87. The van der Waals surface area contributed by atoms with Crippen molar-refractivity contribution in [3.05, 3.63) is 24.2 Å². The minimum atomic E-state index is -0.411. The minimum absolute atomic E-state index is 0.358. The van der Waals surface area contributed by atoms with Crippen LogP contribution < -0.4 is 5.46 Å². The Morgan fingerprint density at radius 3 is 2.24 bits per heavy atom. The lowest BCUT2D eigenvalue weighted by Gasteiger charge is -2.32. The summed E-state index contributed by atoms with van der Waals surface area (Å²) in [6.45, 7) is 9.93. The lowest BCUT2D eigenvalue weighted by atomic mass is 9.80. The van der Waals surface area contributed by atoms with E-state index in [4.69, 9.17) is 9.31 Å². The summed E-state index contributed by atoms with van der Waals surface area (Å²) in [7, 11) is -0.411. The molecule has 1 fully saturated rings. The second-order valence-electron chi connectivity index (χ2n) is 6.18. The second kappa shape index (κ2) is 4.61. The van der Waals surface area contributed by atoms with Gasteiger partial charge in [-0.2, -0.15) is 4.68 Å². The molecule has 0 radical (unpaired) electrons. The first kappa shape index (κ1) is 14.2. The largest absolute Gasteiger partial charge is 0.496 e. The predicted molar refractivity (Wildman–Crippen MR) is 77.4 cm³/mol. The van der Waals surface area contributed by atoms with Crippen LogP contribution >= 0.6 is 0 Å². The molecule has 21 heavy (non-hydrogen) atoms. The van der Waals surface area contributed by atoms with E-state index in [0.29, 0.717) is 11.6 Å². The van der Waals surface area contributed by atoms with Gasteiger partial charge in [-0.3, -0.25) is 0 Å². The zero-order valence-corrected chi connectivity index (χ0v) is 12.9. The van der Waals surface area contributed by atoms with Crippen LogP contribution in [-0.2, 0) is 9.31 Å². The average molecular weight is 287 g/mol. The molecular weight excluding hydrogens is 269 g/mol. The van der Waals surface area contributed by atoms with Crippen LogP contribution in [0.5, 0.6) is 0 Å². The van der Waals surface area contributed by atoms with Gasteiger partial charge in [0.1, 0.15) is 0 Å². The summed E-state index contributed by atoms with van der Waals surface area (Å²) >= 11 is 0. The summed E-state index contributed by atoms with van der Waals surface area (Å²) in [5.74, 6) is 1.35. The molecule has 0 aliphatic carbocycles. The van der Waals surface area contributed by atoms with Gasteiger partial charge in [0.05, 0.1) is 11.2 Å². The Hall–Kier alpha value is -1.80. The van der Waals surface area contributed by atoms with E-state index < -0.39 is 7.12 Å². The maximum absolute atomic E-state index is 6.00. The van der Waals surface area contributed by atoms with Gasteiger partial charge >= 0.3 is 7.12 Å². The highest BCUT2D eigenvalue weighted by molar-refractivity contribution is 6.62. The van der Waals surface area contributed by atoms with Crippen molar-refractivity contribution in [1.29, 1.82) is 0 Å². The van der Waals surface area contributed by atoms with Crippen molar-refractivity contribution in [2.45, 2.75) is 45.8 Å². The fourth-order valence-electron chi connectivity index (χ4n) is 2.08.